The first-order valence-electron chi connectivity index (χ1n) is 11.0. The number of Topliss-reactive ketones (excluding diaryl/α,β-unsaturated/α-hetero) is 1. The van der Waals surface area contributed by atoms with Gasteiger partial charge in [-0.25, -0.2) is 0 Å². The number of methoxy groups -OCH3 is 1. The highest BCUT2D eigenvalue weighted by Crippen LogP contribution is 2.41. The molecule has 1 aliphatic heterocycles. The highest BCUT2D eigenvalue weighted by atomic mass is 16.5. The fourth-order valence-electron chi connectivity index (χ4n) is 4.21. The zero-order valence-electron chi connectivity index (χ0n) is 19.3. The highest BCUT2D eigenvalue weighted by molar-refractivity contribution is 6.46. The summed E-state index contributed by atoms with van der Waals surface area (Å²) in [6.07, 6.45) is 3.22. The van der Waals surface area contributed by atoms with E-state index in [-0.39, 0.29) is 17.9 Å². The SMILES string of the molecule is CCOc1ccc(/C(O)=C2/C(=O)C(=O)N(Cc3ccccc3OC)C2c2cccnc2)cc1C. The number of carbonyl (C=O) groups is 2. The number of ketones is 1. The number of aliphatic hydroxyl groups excluding tert-OH is 1. The van der Waals surface area contributed by atoms with Crippen LogP contribution < -0.4 is 9.47 Å². The second-order valence-electron chi connectivity index (χ2n) is 7.94. The molecule has 1 N–H and O–H groups in total. The fourth-order valence-corrected chi connectivity index (χ4v) is 4.21. The maximum absolute atomic E-state index is 13.2. The lowest BCUT2D eigenvalue weighted by Crippen LogP contribution is -2.29. The van der Waals surface area contributed by atoms with Gasteiger partial charge in [0, 0.05) is 23.5 Å². The van der Waals surface area contributed by atoms with E-state index in [4.69, 9.17) is 9.47 Å². The lowest BCUT2D eigenvalue weighted by atomic mass is 9.95. The van der Waals surface area contributed by atoms with E-state index in [0.29, 0.717) is 29.2 Å². The predicted octanol–water partition coefficient (Wildman–Crippen LogP) is 4.42. The molecule has 1 amide bonds. The van der Waals surface area contributed by atoms with Crippen molar-refractivity contribution in [3.05, 3.63) is 94.8 Å². The van der Waals surface area contributed by atoms with Crippen molar-refractivity contribution in [2.75, 3.05) is 13.7 Å². The number of aromatic nitrogens is 1. The summed E-state index contributed by atoms with van der Waals surface area (Å²) in [5.74, 6) is -0.367. The maximum Gasteiger partial charge on any atom is 0.295 e. The van der Waals surface area contributed by atoms with Crippen LogP contribution in [0, 0.1) is 6.92 Å². The number of rotatable bonds is 7. The minimum Gasteiger partial charge on any atom is -0.507 e. The Morgan fingerprint density at radius 2 is 1.88 bits per heavy atom. The van der Waals surface area contributed by atoms with Crippen molar-refractivity contribution >= 4 is 17.4 Å². The van der Waals surface area contributed by atoms with Crippen LogP contribution in [0.15, 0.2) is 72.6 Å². The monoisotopic (exact) mass is 458 g/mol. The van der Waals surface area contributed by atoms with Crippen molar-refractivity contribution in [2.24, 2.45) is 0 Å². The van der Waals surface area contributed by atoms with Gasteiger partial charge < -0.3 is 19.5 Å². The van der Waals surface area contributed by atoms with Crippen molar-refractivity contribution in [1.82, 2.24) is 9.88 Å². The first-order chi connectivity index (χ1) is 16.5. The van der Waals surface area contributed by atoms with Crippen LogP contribution in [0.2, 0.25) is 0 Å². The number of amides is 1. The Morgan fingerprint density at radius 3 is 2.56 bits per heavy atom. The largest absolute Gasteiger partial charge is 0.507 e. The van der Waals surface area contributed by atoms with Crippen molar-refractivity contribution in [2.45, 2.75) is 26.4 Å². The molecule has 0 saturated carbocycles. The lowest BCUT2D eigenvalue weighted by molar-refractivity contribution is -0.140. The molecule has 1 aromatic heterocycles. The van der Waals surface area contributed by atoms with Crippen LogP contribution in [0.1, 0.15) is 35.2 Å². The Labute approximate surface area is 198 Å². The zero-order chi connectivity index (χ0) is 24.2. The summed E-state index contributed by atoms with van der Waals surface area (Å²) in [6.45, 7) is 4.40. The van der Waals surface area contributed by atoms with Gasteiger partial charge >= 0.3 is 0 Å². The molecule has 3 aromatic rings. The summed E-state index contributed by atoms with van der Waals surface area (Å²) in [6, 6.07) is 15.2. The van der Waals surface area contributed by atoms with Crippen LogP contribution in [0.4, 0.5) is 0 Å². The number of likely N-dealkylation sites (tertiary alicyclic amines) is 1. The van der Waals surface area contributed by atoms with Crippen LogP contribution in [-0.4, -0.2) is 40.4 Å². The molecule has 34 heavy (non-hydrogen) atoms. The summed E-state index contributed by atoms with van der Waals surface area (Å²) in [7, 11) is 1.56. The number of para-hydroxylation sites is 1. The Bertz CT molecular complexity index is 1250. The first-order valence-corrected chi connectivity index (χ1v) is 11.0. The topological polar surface area (TPSA) is 89.0 Å². The molecule has 0 radical (unpaired) electrons. The summed E-state index contributed by atoms with van der Waals surface area (Å²) in [5.41, 5.74) is 2.65. The van der Waals surface area contributed by atoms with E-state index in [1.165, 1.54) is 4.90 Å². The van der Waals surface area contributed by atoms with Crippen LogP contribution >= 0.6 is 0 Å². The molecule has 1 saturated heterocycles. The number of hydrogen-bond donors (Lipinski definition) is 1. The summed E-state index contributed by atoms with van der Waals surface area (Å²) in [4.78, 5) is 32.0. The molecule has 0 bridgehead atoms. The summed E-state index contributed by atoms with van der Waals surface area (Å²) >= 11 is 0. The Kier molecular flexibility index (Phi) is 6.63. The van der Waals surface area contributed by atoms with Crippen LogP contribution in [0.25, 0.3) is 5.76 Å². The van der Waals surface area contributed by atoms with Gasteiger partial charge in [-0.3, -0.25) is 14.6 Å². The predicted molar refractivity (Wildman–Crippen MR) is 127 cm³/mol. The van der Waals surface area contributed by atoms with Gasteiger partial charge in [0.1, 0.15) is 17.3 Å². The number of nitrogens with zero attached hydrogens (tertiary/aromatic N) is 2. The second-order valence-corrected chi connectivity index (χ2v) is 7.94. The number of pyridine rings is 1. The van der Waals surface area contributed by atoms with Gasteiger partial charge in [-0.1, -0.05) is 24.3 Å². The second kappa shape index (κ2) is 9.79. The normalized spacial score (nSPS) is 17.1. The molecular weight excluding hydrogens is 432 g/mol. The molecule has 7 heteroatoms. The Hall–Kier alpha value is -4.13. The van der Waals surface area contributed by atoms with Crippen LogP contribution in [0.3, 0.4) is 0 Å². The van der Waals surface area contributed by atoms with E-state index in [1.807, 2.05) is 32.0 Å². The third kappa shape index (κ3) is 4.24. The van der Waals surface area contributed by atoms with Crippen molar-refractivity contribution in [3.63, 3.8) is 0 Å². The average molecular weight is 459 g/mol. The molecule has 1 atom stereocenters. The smallest absolute Gasteiger partial charge is 0.295 e. The third-order valence-electron chi connectivity index (χ3n) is 5.82. The standard InChI is InChI=1S/C27H26N2O5/c1-4-34-21-12-11-18(14-17(21)2)25(30)23-24(19-9-7-13-28-15-19)29(27(32)26(23)31)16-20-8-5-6-10-22(20)33-3/h5-15,24,30H,4,16H2,1-3H3/b25-23-. The quantitative estimate of drug-likeness (QED) is 0.320. The van der Waals surface area contributed by atoms with Crippen molar-refractivity contribution < 1.29 is 24.2 Å². The van der Waals surface area contributed by atoms with Crippen LogP contribution in [0.5, 0.6) is 11.5 Å². The minimum absolute atomic E-state index is 0.0245. The summed E-state index contributed by atoms with van der Waals surface area (Å²) < 4.78 is 11.0. The zero-order valence-corrected chi connectivity index (χ0v) is 19.3. The first kappa shape index (κ1) is 23.0. The third-order valence-corrected chi connectivity index (χ3v) is 5.82. The van der Waals surface area contributed by atoms with Gasteiger partial charge in [-0.2, -0.15) is 0 Å². The number of benzene rings is 2. The van der Waals surface area contributed by atoms with Gasteiger partial charge in [0.2, 0.25) is 0 Å². The van der Waals surface area contributed by atoms with Gasteiger partial charge in [-0.05, 0) is 55.3 Å². The molecule has 1 aliphatic rings. The van der Waals surface area contributed by atoms with Crippen molar-refractivity contribution in [1.29, 1.82) is 0 Å². The lowest BCUT2D eigenvalue weighted by Gasteiger charge is -2.25. The molecule has 1 unspecified atom stereocenters. The molecule has 0 aliphatic carbocycles. The molecule has 174 valence electrons. The molecule has 1 fully saturated rings. The number of aliphatic hydroxyl groups is 1. The summed E-state index contributed by atoms with van der Waals surface area (Å²) in [5, 5.41) is 11.3. The number of carbonyl (C=O) groups excluding carboxylic acids is 2. The van der Waals surface area contributed by atoms with E-state index in [0.717, 1.165) is 11.1 Å². The van der Waals surface area contributed by atoms with E-state index in [9.17, 15) is 14.7 Å². The minimum atomic E-state index is -0.800. The number of hydrogen-bond acceptors (Lipinski definition) is 6. The Morgan fingerprint density at radius 1 is 1.09 bits per heavy atom. The highest BCUT2D eigenvalue weighted by Gasteiger charge is 2.46. The molecule has 4 rings (SSSR count). The van der Waals surface area contributed by atoms with E-state index < -0.39 is 17.7 Å². The molecule has 7 nitrogen and oxygen atoms in total. The van der Waals surface area contributed by atoms with Gasteiger partial charge in [0.25, 0.3) is 11.7 Å². The molecule has 0 spiro atoms. The Balaban J connectivity index is 1.84. The van der Waals surface area contributed by atoms with Crippen molar-refractivity contribution in [3.8, 4) is 11.5 Å². The van der Waals surface area contributed by atoms with Crippen LogP contribution in [-0.2, 0) is 16.1 Å². The fraction of sp³-hybridized carbons (Fsp3) is 0.222. The molecular formula is C27H26N2O5. The van der Waals surface area contributed by atoms with E-state index in [2.05, 4.69) is 4.98 Å². The average Bonchev–Trinajstić information content (AvgIpc) is 3.10. The van der Waals surface area contributed by atoms with E-state index in [1.54, 1.807) is 55.9 Å². The molecule has 2 heterocycles. The van der Waals surface area contributed by atoms with Gasteiger partial charge in [0.15, 0.2) is 0 Å². The maximum atomic E-state index is 13.2. The molecule has 2 aromatic carbocycles. The van der Waals surface area contributed by atoms with Gasteiger partial charge in [-0.15, -0.1) is 0 Å². The van der Waals surface area contributed by atoms with E-state index >= 15 is 0 Å². The number of ether oxygens (including phenoxy) is 2. The number of aryl methyl sites for hydroxylation is 1. The van der Waals surface area contributed by atoms with Gasteiger partial charge in [0.05, 0.1) is 31.9 Å².